The van der Waals surface area contributed by atoms with Crippen molar-refractivity contribution in [3.8, 4) is 0 Å². The van der Waals surface area contributed by atoms with Gasteiger partial charge in [0.1, 0.15) is 0 Å². The summed E-state index contributed by atoms with van der Waals surface area (Å²) in [6.45, 7) is 1.55. The fourth-order valence-electron chi connectivity index (χ4n) is 2.41. The number of carbonyl (C=O) groups excluding carboxylic acids is 1. The molecule has 0 fully saturated rings. The number of nitrogens with one attached hydrogen (secondary N) is 1. The molecular formula is C14H15ClN4O3S. The fraction of sp³-hybridized carbons (Fsp3) is 0.286. The van der Waals surface area contributed by atoms with Crippen LogP contribution in [-0.2, 0) is 23.1 Å². The van der Waals surface area contributed by atoms with E-state index in [9.17, 15) is 13.2 Å². The Labute approximate surface area is 138 Å². The molecule has 9 heteroatoms. The van der Waals surface area contributed by atoms with Gasteiger partial charge in [-0.2, -0.15) is 0 Å². The van der Waals surface area contributed by atoms with E-state index in [1.165, 1.54) is 29.2 Å². The highest BCUT2D eigenvalue weighted by atomic mass is 35.5. The number of carbonyl (C=O) groups is 1. The Morgan fingerprint density at radius 1 is 1.22 bits per heavy atom. The smallest absolute Gasteiger partial charge is 0.331 e. The van der Waals surface area contributed by atoms with E-state index < -0.39 is 16.1 Å². The van der Waals surface area contributed by atoms with Crippen LogP contribution in [0, 0.1) is 0 Å². The van der Waals surface area contributed by atoms with Crippen LogP contribution in [0.4, 0.5) is 4.79 Å². The molecule has 2 aromatic rings. The zero-order chi connectivity index (χ0) is 16.4. The molecule has 0 saturated carbocycles. The van der Waals surface area contributed by atoms with Crippen LogP contribution in [0.2, 0.25) is 5.02 Å². The molecule has 1 aliphatic rings. The lowest BCUT2D eigenvalue weighted by Gasteiger charge is -2.20. The number of hydrogen-bond acceptors (Lipinski definition) is 4. The van der Waals surface area contributed by atoms with Crippen molar-refractivity contribution in [3.05, 3.63) is 47.5 Å². The van der Waals surface area contributed by atoms with Crippen LogP contribution < -0.4 is 4.72 Å². The lowest BCUT2D eigenvalue weighted by Crippen LogP contribution is -2.42. The van der Waals surface area contributed by atoms with E-state index in [0.717, 1.165) is 18.7 Å². The first-order valence-electron chi connectivity index (χ1n) is 7.02. The van der Waals surface area contributed by atoms with Gasteiger partial charge in [0, 0.05) is 24.3 Å². The molecule has 0 spiro atoms. The standard InChI is InChI=1S/C14H15ClN4O3S/c15-11-2-4-13(5-3-11)23(21,22)17-14(20)18-6-1-7-19-10-16-8-12(19)9-18/h2-5,8,10H,1,6-7,9H2,(H,17,20). The number of imidazole rings is 1. The van der Waals surface area contributed by atoms with Crippen molar-refractivity contribution in [1.82, 2.24) is 19.2 Å². The maximum absolute atomic E-state index is 12.3. The molecule has 7 nitrogen and oxygen atoms in total. The van der Waals surface area contributed by atoms with E-state index in [1.54, 1.807) is 12.5 Å². The van der Waals surface area contributed by atoms with Crippen LogP contribution in [0.15, 0.2) is 41.7 Å². The minimum Gasteiger partial charge on any atom is -0.333 e. The second kappa shape index (κ2) is 6.21. The number of rotatable bonds is 2. The molecule has 1 aromatic carbocycles. The lowest BCUT2D eigenvalue weighted by atomic mass is 10.4. The number of aromatic nitrogens is 2. The third-order valence-electron chi connectivity index (χ3n) is 3.61. The topological polar surface area (TPSA) is 84.3 Å². The third-order valence-corrected chi connectivity index (χ3v) is 5.20. The zero-order valence-corrected chi connectivity index (χ0v) is 13.7. The summed E-state index contributed by atoms with van der Waals surface area (Å²) < 4.78 is 28.6. The largest absolute Gasteiger partial charge is 0.333 e. The number of halogens is 1. The van der Waals surface area contributed by atoms with Crippen molar-refractivity contribution in [2.24, 2.45) is 0 Å². The molecule has 0 saturated heterocycles. The number of amides is 2. The highest BCUT2D eigenvalue weighted by Gasteiger charge is 2.24. The Hall–Kier alpha value is -2.06. The van der Waals surface area contributed by atoms with E-state index in [4.69, 9.17) is 11.6 Å². The summed E-state index contributed by atoms with van der Waals surface area (Å²) in [7, 11) is -3.92. The Balaban J connectivity index is 1.75. The first kappa shape index (κ1) is 15.8. The van der Waals surface area contributed by atoms with Crippen molar-refractivity contribution in [1.29, 1.82) is 0 Å². The SMILES string of the molecule is O=C(NS(=O)(=O)c1ccc(Cl)cc1)N1CCCn2cncc2C1. The van der Waals surface area contributed by atoms with Crippen molar-refractivity contribution in [2.75, 3.05) is 6.54 Å². The minimum absolute atomic E-state index is 0.00452. The maximum Gasteiger partial charge on any atom is 0.331 e. The molecule has 2 amide bonds. The molecular weight excluding hydrogens is 340 g/mol. The number of aryl methyl sites for hydroxylation is 1. The number of urea groups is 1. The quantitative estimate of drug-likeness (QED) is 0.891. The van der Waals surface area contributed by atoms with Crippen molar-refractivity contribution >= 4 is 27.7 Å². The summed E-state index contributed by atoms with van der Waals surface area (Å²) in [5.74, 6) is 0. The van der Waals surface area contributed by atoms with Gasteiger partial charge in [0.25, 0.3) is 10.0 Å². The molecule has 0 atom stereocenters. The normalized spacial score (nSPS) is 14.9. The fourth-order valence-corrected chi connectivity index (χ4v) is 3.51. The van der Waals surface area contributed by atoms with Crippen LogP contribution in [0.1, 0.15) is 12.1 Å². The zero-order valence-electron chi connectivity index (χ0n) is 12.1. The predicted octanol–water partition coefficient (Wildman–Crippen LogP) is 1.84. The van der Waals surface area contributed by atoms with Crippen LogP contribution in [-0.4, -0.2) is 35.4 Å². The average molecular weight is 355 g/mol. The molecule has 1 N–H and O–H groups in total. The second-order valence-electron chi connectivity index (χ2n) is 5.22. The van der Waals surface area contributed by atoms with Gasteiger partial charge < -0.3 is 9.47 Å². The Morgan fingerprint density at radius 3 is 2.70 bits per heavy atom. The van der Waals surface area contributed by atoms with Gasteiger partial charge in [-0.3, -0.25) is 0 Å². The Bertz CT molecular complexity index is 817. The van der Waals surface area contributed by atoms with Gasteiger partial charge in [-0.15, -0.1) is 0 Å². The predicted molar refractivity (Wildman–Crippen MR) is 84.4 cm³/mol. The second-order valence-corrected chi connectivity index (χ2v) is 7.34. The highest BCUT2D eigenvalue weighted by molar-refractivity contribution is 7.90. The summed E-state index contributed by atoms with van der Waals surface area (Å²) in [5, 5.41) is 0.427. The van der Waals surface area contributed by atoms with Gasteiger partial charge in [-0.25, -0.2) is 22.9 Å². The van der Waals surface area contributed by atoms with Gasteiger partial charge >= 0.3 is 6.03 Å². The van der Waals surface area contributed by atoms with Gasteiger partial charge in [0.05, 0.1) is 23.5 Å². The minimum atomic E-state index is -3.92. The van der Waals surface area contributed by atoms with E-state index in [2.05, 4.69) is 9.71 Å². The third kappa shape index (κ3) is 3.48. The van der Waals surface area contributed by atoms with Crippen LogP contribution in [0.25, 0.3) is 0 Å². The number of nitrogens with zero attached hydrogens (tertiary/aromatic N) is 3. The maximum atomic E-state index is 12.3. The Morgan fingerprint density at radius 2 is 1.96 bits per heavy atom. The summed E-state index contributed by atoms with van der Waals surface area (Å²) in [4.78, 5) is 17.8. The molecule has 3 rings (SSSR count). The molecule has 1 aliphatic heterocycles. The van der Waals surface area contributed by atoms with E-state index in [-0.39, 0.29) is 4.90 Å². The Kier molecular flexibility index (Phi) is 4.27. The molecule has 0 bridgehead atoms. The number of sulfonamides is 1. The summed E-state index contributed by atoms with van der Waals surface area (Å²) in [5.41, 5.74) is 0.876. The van der Waals surface area contributed by atoms with Crippen molar-refractivity contribution in [2.45, 2.75) is 24.4 Å². The molecule has 122 valence electrons. The molecule has 2 heterocycles. The highest BCUT2D eigenvalue weighted by Crippen LogP contribution is 2.15. The number of benzene rings is 1. The lowest BCUT2D eigenvalue weighted by molar-refractivity contribution is 0.202. The molecule has 23 heavy (non-hydrogen) atoms. The number of hydrogen-bond donors (Lipinski definition) is 1. The average Bonchev–Trinajstić information content (AvgIpc) is 2.84. The molecule has 0 radical (unpaired) electrons. The van der Waals surface area contributed by atoms with Gasteiger partial charge in [0.15, 0.2) is 0 Å². The molecule has 1 aromatic heterocycles. The first-order chi connectivity index (χ1) is 11.0. The summed E-state index contributed by atoms with van der Waals surface area (Å²) >= 11 is 5.75. The van der Waals surface area contributed by atoms with Crippen LogP contribution in [0.5, 0.6) is 0 Å². The first-order valence-corrected chi connectivity index (χ1v) is 8.88. The van der Waals surface area contributed by atoms with Gasteiger partial charge in [-0.1, -0.05) is 11.6 Å². The molecule has 0 unspecified atom stereocenters. The summed E-state index contributed by atoms with van der Waals surface area (Å²) in [6, 6.07) is 5.00. The van der Waals surface area contributed by atoms with Crippen molar-refractivity contribution < 1.29 is 13.2 Å². The van der Waals surface area contributed by atoms with Gasteiger partial charge in [0.2, 0.25) is 0 Å². The van der Waals surface area contributed by atoms with Crippen LogP contribution in [0.3, 0.4) is 0 Å². The number of fused-ring (bicyclic) bond motifs is 1. The summed E-state index contributed by atoms with van der Waals surface area (Å²) in [6.07, 6.45) is 4.12. The van der Waals surface area contributed by atoms with E-state index in [0.29, 0.717) is 18.1 Å². The monoisotopic (exact) mass is 354 g/mol. The van der Waals surface area contributed by atoms with E-state index >= 15 is 0 Å². The van der Waals surface area contributed by atoms with Crippen molar-refractivity contribution in [3.63, 3.8) is 0 Å². The van der Waals surface area contributed by atoms with Crippen LogP contribution >= 0.6 is 11.6 Å². The van der Waals surface area contributed by atoms with Gasteiger partial charge in [-0.05, 0) is 30.7 Å². The molecule has 0 aliphatic carbocycles. The van der Waals surface area contributed by atoms with E-state index in [1.807, 2.05) is 4.57 Å².